The molecule has 0 N–H and O–H groups in total. The van der Waals surface area contributed by atoms with E-state index in [0.717, 1.165) is 0 Å². The Hall–Kier alpha value is -1.02. The average Bonchev–Trinajstić information content (AvgIpc) is 2.01. The monoisotopic (exact) mass is 213 g/mol. The Labute approximate surface area is 66.8 Å². The summed E-state index contributed by atoms with van der Waals surface area (Å²) in [4.78, 5) is 9.76. The molecule has 0 aliphatic heterocycles. The minimum absolute atomic E-state index is 2.64. The number of rotatable bonds is 3. The quantitative estimate of drug-likeness (QED) is 0.517. The molecule has 0 fully saturated rings. The third kappa shape index (κ3) is 2.46. The summed E-state index contributed by atoms with van der Waals surface area (Å²) < 4.78 is 80.6. The lowest BCUT2D eigenvalue weighted by Gasteiger charge is -2.17. The third-order valence-corrected chi connectivity index (χ3v) is 1.01. The summed E-state index contributed by atoms with van der Waals surface area (Å²) in [5, 5.41) is -2.64. The maximum atomic E-state index is 12.0. The van der Waals surface area contributed by atoms with E-state index in [2.05, 4.69) is 0 Å². The molecule has 0 radical (unpaired) electrons. The molecule has 0 aromatic rings. The van der Waals surface area contributed by atoms with Crippen molar-refractivity contribution in [2.24, 2.45) is 0 Å². The van der Waals surface area contributed by atoms with Gasteiger partial charge in [-0.1, -0.05) is 8.96 Å². The fraction of sp³-hybridized carbons (Fsp3) is 0.750. The summed E-state index contributed by atoms with van der Waals surface area (Å²) >= 11 is 0. The van der Waals surface area contributed by atoms with Gasteiger partial charge < -0.3 is 0 Å². The Morgan fingerprint density at radius 2 is 1.54 bits per heavy atom. The number of carbonyl (C=O) groups excluding carboxylic acids is 1. The Morgan fingerprint density at radius 3 is 1.77 bits per heavy atom. The molecular formula is C4H2F7NO. The van der Waals surface area contributed by atoms with E-state index in [1.54, 1.807) is 0 Å². The lowest BCUT2D eigenvalue weighted by Crippen LogP contribution is -2.46. The minimum atomic E-state index is -5.42. The van der Waals surface area contributed by atoms with E-state index >= 15 is 0 Å². The number of alkyl halides is 5. The molecule has 2 nitrogen and oxygen atoms in total. The zero-order valence-corrected chi connectivity index (χ0v) is 5.66. The number of hydrogen-bond acceptors (Lipinski definition) is 1. The standard InChI is InChI=1S/C4H2F7NO/c5-1(2(6)7)4(8,9)3(13)12(10)11/h1-2H. The maximum Gasteiger partial charge on any atom is 0.365 e. The van der Waals surface area contributed by atoms with E-state index in [-0.39, 0.29) is 0 Å². The molecule has 13 heavy (non-hydrogen) atoms. The van der Waals surface area contributed by atoms with Crippen LogP contribution >= 0.6 is 0 Å². The highest BCUT2D eigenvalue weighted by Gasteiger charge is 2.55. The summed E-state index contributed by atoms with van der Waals surface area (Å²) in [6.45, 7) is 0. The van der Waals surface area contributed by atoms with Gasteiger partial charge in [0.25, 0.3) is 6.43 Å². The van der Waals surface area contributed by atoms with Crippen molar-refractivity contribution in [2.45, 2.75) is 18.5 Å². The molecule has 1 amide bonds. The van der Waals surface area contributed by atoms with Gasteiger partial charge in [-0.2, -0.15) is 8.78 Å². The Bertz CT molecular complexity index is 193. The van der Waals surface area contributed by atoms with E-state index in [4.69, 9.17) is 0 Å². The molecule has 0 rings (SSSR count). The van der Waals surface area contributed by atoms with Gasteiger partial charge in [-0.25, -0.2) is 13.2 Å². The van der Waals surface area contributed by atoms with Gasteiger partial charge in [-0.15, -0.1) is 0 Å². The predicted octanol–water partition coefficient (Wildman–Crippen LogP) is 1.82. The van der Waals surface area contributed by atoms with E-state index < -0.39 is 29.8 Å². The van der Waals surface area contributed by atoms with Crippen LogP contribution in [0.25, 0.3) is 0 Å². The number of hydrogen-bond donors (Lipinski definition) is 0. The molecule has 78 valence electrons. The predicted molar refractivity (Wildman–Crippen MR) is 24.9 cm³/mol. The zero-order chi connectivity index (χ0) is 10.8. The highest BCUT2D eigenvalue weighted by molar-refractivity contribution is 5.82. The summed E-state index contributed by atoms with van der Waals surface area (Å²) in [5.74, 6) is -8.72. The first-order chi connectivity index (χ1) is 5.71. The van der Waals surface area contributed by atoms with E-state index in [1.165, 1.54) is 0 Å². The molecule has 0 aliphatic carbocycles. The van der Waals surface area contributed by atoms with Gasteiger partial charge in [0.2, 0.25) is 6.17 Å². The fourth-order valence-electron chi connectivity index (χ4n) is 0.389. The van der Waals surface area contributed by atoms with Crippen LogP contribution in [0.2, 0.25) is 0 Å². The summed E-state index contributed by atoms with van der Waals surface area (Å²) in [6, 6.07) is 0. The third-order valence-electron chi connectivity index (χ3n) is 1.01. The van der Waals surface area contributed by atoms with Crippen LogP contribution in [0.1, 0.15) is 0 Å². The van der Waals surface area contributed by atoms with Gasteiger partial charge in [0.05, 0.1) is 0 Å². The van der Waals surface area contributed by atoms with Crippen LogP contribution in [-0.2, 0) is 4.79 Å². The zero-order valence-electron chi connectivity index (χ0n) is 5.66. The van der Waals surface area contributed by atoms with Crippen LogP contribution in [0.15, 0.2) is 0 Å². The number of carbonyl (C=O) groups is 1. The second-order valence-electron chi connectivity index (χ2n) is 1.90. The molecule has 1 unspecified atom stereocenters. The van der Waals surface area contributed by atoms with Crippen LogP contribution < -0.4 is 0 Å². The topological polar surface area (TPSA) is 20.3 Å². The van der Waals surface area contributed by atoms with Crippen LogP contribution in [0, 0.1) is 0 Å². The lowest BCUT2D eigenvalue weighted by molar-refractivity contribution is -0.225. The molecule has 0 heterocycles. The molecule has 0 saturated heterocycles. The Morgan fingerprint density at radius 1 is 1.15 bits per heavy atom. The van der Waals surface area contributed by atoms with E-state index in [9.17, 15) is 35.7 Å². The molecule has 0 aliphatic rings. The second kappa shape index (κ2) is 3.79. The van der Waals surface area contributed by atoms with Crippen LogP contribution in [-0.4, -0.2) is 29.8 Å². The maximum absolute atomic E-state index is 12.0. The first kappa shape index (κ1) is 12.0. The van der Waals surface area contributed by atoms with Crippen molar-refractivity contribution in [3.05, 3.63) is 0 Å². The van der Waals surface area contributed by atoms with Crippen molar-refractivity contribution in [2.75, 3.05) is 0 Å². The highest BCUT2D eigenvalue weighted by atomic mass is 19.4. The summed E-state index contributed by atoms with van der Waals surface area (Å²) in [5.41, 5.74) is 0. The number of nitrogens with zero attached hydrogens (tertiary/aromatic N) is 1. The Balaban J connectivity index is 4.65. The normalized spacial score (nSPS) is 14.5. The van der Waals surface area contributed by atoms with Gasteiger partial charge in [-0.05, 0) is 0 Å². The van der Waals surface area contributed by atoms with Crippen molar-refractivity contribution in [1.82, 2.24) is 5.34 Å². The molecule has 1 atom stereocenters. The largest absolute Gasteiger partial charge is 0.365 e. The molecule has 0 saturated carbocycles. The smallest absolute Gasteiger partial charge is 0.262 e. The molecule has 0 bridgehead atoms. The van der Waals surface area contributed by atoms with Crippen molar-refractivity contribution < 1.29 is 35.7 Å². The van der Waals surface area contributed by atoms with Crippen LogP contribution in [0.5, 0.6) is 0 Å². The van der Waals surface area contributed by atoms with Gasteiger partial charge in [0.1, 0.15) is 0 Å². The SMILES string of the molecule is O=C(N(F)F)C(F)(F)C(F)C(F)F. The molecular weight excluding hydrogens is 211 g/mol. The molecule has 0 spiro atoms. The van der Waals surface area contributed by atoms with E-state index in [0.29, 0.717) is 0 Å². The average molecular weight is 213 g/mol. The highest BCUT2D eigenvalue weighted by Crippen LogP contribution is 2.28. The van der Waals surface area contributed by atoms with Crippen molar-refractivity contribution in [1.29, 1.82) is 0 Å². The van der Waals surface area contributed by atoms with Gasteiger partial charge in [-0.3, -0.25) is 4.79 Å². The Kier molecular flexibility index (Phi) is 3.50. The first-order valence-electron chi connectivity index (χ1n) is 2.67. The first-order valence-corrected chi connectivity index (χ1v) is 2.67. The van der Waals surface area contributed by atoms with Crippen molar-refractivity contribution >= 4 is 5.91 Å². The number of halogens is 7. The van der Waals surface area contributed by atoms with Gasteiger partial charge in [0.15, 0.2) is 0 Å². The lowest BCUT2D eigenvalue weighted by atomic mass is 10.2. The van der Waals surface area contributed by atoms with Crippen molar-refractivity contribution in [3.63, 3.8) is 0 Å². The fourth-order valence-corrected chi connectivity index (χ4v) is 0.389. The van der Waals surface area contributed by atoms with Gasteiger partial charge in [0, 0.05) is 5.34 Å². The second-order valence-corrected chi connectivity index (χ2v) is 1.90. The van der Waals surface area contributed by atoms with Crippen LogP contribution in [0.4, 0.5) is 30.9 Å². The molecule has 0 aromatic heterocycles. The van der Waals surface area contributed by atoms with Gasteiger partial charge >= 0.3 is 11.8 Å². The summed E-state index contributed by atoms with van der Waals surface area (Å²) in [7, 11) is 0. The van der Waals surface area contributed by atoms with E-state index in [1.807, 2.05) is 0 Å². The van der Waals surface area contributed by atoms with Crippen LogP contribution in [0.3, 0.4) is 0 Å². The summed E-state index contributed by atoms with van der Waals surface area (Å²) in [6.07, 6.45) is -8.45. The number of amides is 1. The molecule has 9 heteroatoms. The van der Waals surface area contributed by atoms with Crippen molar-refractivity contribution in [3.8, 4) is 0 Å². The molecule has 0 aromatic carbocycles. The minimum Gasteiger partial charge on any atom is -0.262 e.